The summed E-state index contributed by atoms with van der Waals surface area (Å²) in [5.41, 5.74) is 6.12. The van der Waals surface area contributed by atoms with Gasteiger partial charge in [-0.25, -0.2) is 0 Å². The largest absolute Gasteiger partial charge is 0.0807 e. The third-order valence-electron chi connectivity index (χ3n) is 3.83. The zero-order valence-electron chi connectivity index (χ0n) is 11.9. The Morgan fingerprint density at radius 1 is 1.11 bits per heavy atom. The normalized spacial score (nSPS) is 15.6. The number of aryl methyl sites for hydroxylation is 1. The third-order valence-corrected chi connectivity index (χ3v) is 3.83. The Kier molecular flexibility index (Phi) is 5.04. The molecule has 0 saturated carbocycles. The summed E-state index contributed by atoms with van der Waals surface area (Å²) in [5.74, 6) is 0. The van der Waals surface area contributed by atoms with Crippen LogP contribution in [0.4, 0.5) is 0 Å². The van der Waals surface area contributed by atoms with Crippen LogP contribution in [0.15, 0.2) is 18.2 Å². The molecule has 0 atom stereocenters. The quantitative estimate of drug-likeness (QED) is 0.652. The van der Waals surface area contributed by atoms with Gasteiger partial charge in [-0.05, 0) is 66.9 Å². The van der Waals surface area contributed by atoms with Crippen molar-refractivity contribution in [2.45, 2.75) is 65.2 Å². The molecule has 0 heterocycles. The molecule has 1 aromatic rings. The van der Waals surface area contributed by atoms with Crippen LogP contribution in [0.3, 0.4) is 0 Å². The van der Waals surface area contributed by atoms with E-state index in [0.717, 1.165) is 0 Å². The Morgan fingerprint density at radius 2 is 1.94 bits per heavy atom. The highest BCUT2D eigenvalue weighted by molar-refractivity contribution is 5.69. The highest BCUT2D eigenvalue weighted by atomic mass is 14.2. The van der Waals surface area contributed by atoms with E-state index in [0.29, 0.717) is 0 Å². The highest BCUT2D eigenvalue weighted by Gasteiger charge is 2.13. The highest BCUT2D eigenvalue weighted by Crippen LogP contribution is 2.31. The molecule has 0 N–H and O–H groups in total. The molecular weight excluding hydrogens is 216 g/mol. The molecule has 0 saturated heterocycles. The molecule has 0 heteroatoms. The van der Waals surface area contributed by atoms with Crippen LogP contribution in [0.2, 0.25) is 0 Å². The summed E-state index contributed by atoms with van der Waals surface area (Å²) in [7, 11) is 0. The van der Waals surface area contributed by atoms with Gasteiger partial charge in [0.1, 0.15) is 0 Å². The lowest BCUT2D eigenvalue weighted by Gasteiger charge is -2.19. The molecule has 0 spiro atoms. The lowest BCUT2D eigenvalue weighted by molar-refractivity contribution is 0.740. The average molecular weight is 241 g/mol. The molecule has 0 bridgehead atoms. The van der Waals surface area contributed by atoms with E-state index >= 15 is 0 Å². The van der Waals surface area contributed by atoms with Crippen molar-refractivity contribution in [3.8, 4) is 0 Å². The molecule has 0 nitrogen and oxygen atoms in total. The summed E-state index contributed by atoms with van der Waals surface area (Å²) < 4.78 is 0. The smallest absolute Gasteiger partial charge is 0.00996 e. The van der Waals surface area contributed by atoms with Gasteiger partial charge in [0.15, 0.2) is 0 Å². The molecule has 0 unspecified atom stereocenters. The van der Waals surface area contributed by atoms with Crippen molar-refractivity contribution in [1.82, 2.24) is 0 Å². The van der Waals surface area contributed by atoms with Crippen LogP contribution >= 0.6 is 0 Å². The average Bonchev–Trinajstić information content (AvgIpc) is 2.42. The second kappa shape index (κ2) is 6.78. The molecule has 1 aliphatic carbocycles. The van der Waals surface area contributed by atoms with Crippen molar-refractivity contribution in [3.63, 3.8) is 0 Å². The van der Waals surface area contributed by atoms with Gasteiger partial charge < -0.3 is 0 Å². The van der Waals surface area contributed by atoms with Crippen LogP contribution in [0.5, 0.6) is 0 Å². The molecule has 0 aliphatic heterocycles. The van der Waals surface area contributed by atoms with E-state index in [1.807, 2.05) is 0 Å². The lowest BCUT2D eigenvalue weighted by Crippen LogP contribution is -2.02. The van der Waals surface area contributed by atoms with Crippen LogP contribution in [0.1, 0.15) is 69.1 Å². The predicted molar refractivity (Wildman–Crippen MR) is 79.7 cm³/mol. The van der Waals surface area contributed by atoms with Crippen molar-refractivity contribution < 1.29 is 0 Å². The minimum absolute atomic E-state index is 1.21. The first-order chi connectivity index (χ1) is 8.86. The molecule has 0 aromatic heterocycles. The van der Waals surface area contributed by atoms with Gasteiger partial charge in [-0.1, -0.05) is 44.9 Å². The van der Waals surface area contributed by atoms with Crippen molar-refractivity contribution >= 4 is 5.57 Å². The van der Waals surface area contributed by atoms with Crippen molar-refractivity contribution in [2.75, 3.05) is 0 Å². The Hall–Kier alpha value is -1.04. The maximum absolute atomic E-state index is 3.52. The van der Waals surface area contributed by atoms with Crippen LogP contribution in [-0.2, 0) is 12.8 Å². The summed E-state index contributed by atoms with van der Waals surface area (Å²) in [6, 6.07) is 7.94. The first kappa shape index (κ1) is 13.4. The summed E-state index contributed by atoms with van der Waals surface area (Å²) in [6.45, 7) is 4.55. The second-order valence-corrected chi connectivity index (χ2v) is 5.33. The number of benzene rings is 1. The van der Waals surface area contributed by atoms with Gasteiger partial charge in [-0.15, -0.1) is 0 Å². The van der Waals surface area contributed by atoms with E-state index in [1.165, 1.54) is 56.9 Å². The van der Waals surface area contributed by atoms with Crippen LogP contribution in [-0.4, -0.2) is 0 Å². The second-order valence-electron chi connectivity index (χ2n) is 5.33. The topological polar surface area (TPSA) is 0 Å². The van der Waals surface area contributed by atoms with Crippen LogP contribution < -0.4 is 0 Å². The molecule has 1 radical (unpaired) electrons. The van der Waals surface area contributed by atoms with E-state index in [9.17, 15) is 0 Å². The molecule has 0 fully saturated rings. The van der Waals surface area contributed by atoms with Gasteiger partial charge in [0.25, 0.3) is 0 Å². The fraction of sp³-hybridized carbons (Fsp3) is 0.556. The Balaban J connectivity index is 2.38. The van der Waals surface area contributed by atoms with E-state index < -0.39 is 0 Å². The molecule has 2 rings (SSSR count). The van der Waals surface area contributed by atoms with E-state index in [-0.39, 0.29) is 0 Å². The molecule has 1 aliphatic rings. The minimum atomic E-state index is 1.21. The fourth-order valence-corrected chi connectivity index (χ4v) is 2.96. The number of hydrogen-bond donors (Lipinski definition) is 0. The van der Waals surface area contributed by atoms with Gasteiger partial charge in [-0.3, -0.25) is 0 Å². The van der Waals surface area contributed by atoms with Gasteiger partial charge in [0.05, 0.1) is 0 Å². The Labute approximate surface area is 112 Å². The van der Waals surface area contributed by atoms with Gasteiger partial charge in [0, 0.05) is 0 Å². The predicted octanol–water partition coefficient (Wildman–Crippen LogP) is 5.35. The van der Waals surface area contributed by atoms with E-state index in [4.69, 9.17) is 0 Å². The van der Waals surface area contributed by atoms with Crippen molar-refractivity contribution in [1.29, 1.82) is 0 Å². The van der Waals surface area contributed by atoms with Gasteiger partial charge >= 0.3 is 0 Å². The first-order valence-electron chi connectivity index (χ1n) is 7.58. The summed E-state index contributed by atoms with van der Waals surface area (Å²) in [5, 5.41) is 0. The van der Waals surface area contributed by atoms with Crippen LogP contribution in [0.25, 0.3) is 5.57 Å². The lowest BCUT2D eigenvalue weighted by atomic mass is 9.86. The first-order valence-corrected chi connectivity index (χ1v) is 7.58. The SMILES string of the molecule is CCCc1cc[c]c(C2=CCCCC2)c1CCC. The number of rotatable bonds is 5. The Morgan fingerprint density at radius 3 is 2.61 bits per heavy atom. The maximum Gasteiger partial charge on any atom is -0.00996 e. The summed E-state index contributed by atoms with van der Waals surface area (Å²) in [6.07, 6.45) is 12.6. The molecule has 18 heavy (non-hydrogen) atoms. The number of allylic oxidation sites excluding steroid dienone is 2. The maximum atomic E-state index is 3.52. The Bertz CT molecular complexity index is 412. The third kappa shape index (κ3) is 3.04. The van der Waals surface area contributed by atoms with Gasteiger partial charge in [-0.2, -0.15) is 0 Å². The van der Waals surface area contributed by atoms with E-state index in [1.54, 1.807) is 16.7 Å². The number of hydrogen-bond acceptors (Lipinski definition) is 0. The van der Waals surface area contributed by atoms with Gasteiger partial charge in [0.2, 0.25) is 0 Å². The zero-order valence-corrected chi connectivity index (χ0v) is 11.9. The zero-order chi connectivity index (χ0) is 12.8. The minimum Gasteiger partial charge on any atom is -0.0807 e. The monoisotopic (exact) mass is 241 g/mol. The fourth-order valence-electron chi connectivity index (χ4n) is 2.96. The molecular formula is C18H25. The standard InChI is InChI=1S/C18H25/c1-3-9-15-13-8-14-18(17(15)10-4-2)16-11-6-5-7-12-16/h8,11,13H,3-7,9-10,12H2,1-2H3. The van der Waals surface area contributed by atoms with Crippen LogP contribution in [0, 0.1) is 6.07 Å². The summed E-state index contributed by atoms with van der Waals surface area (Å²) >= 11 is 0. The van der Waals surface area contributed by atoms with E-state index in [2.05, 4.69) is 38.1 Å². The molecule has 97 valence electrons. The summed E-state index contributed by atoms with van der Waals surface area (Å²) in [4.78, 5) is 0. The van der Waals surface area contributed by atoms with Crippen molar-refractivity contribution in [3.05, 3.63) is 41.0 Å². The van der Waals surface area contributed by atoms with Crippen molar-refractivity contribution in [2.24, 2.45) is 0 Å². The molecule has 0 amide bonds. The molecule has 1 aromatic carbocycles.